The van der Waals surface area contributed by atoms with Gasteiger partial charge in [0.15, 0.2) is 0 Å². The van der Waals surface area contributed by atoms with Gasteiger partial charge in [0.25, 0.3) is 0 Å². The normalized spacial score (nSPS) is 18.2. The highest BCUT2D eigenvalue weighted by atomic mass is 16.5. The molecule has 0 radical (unpaired) electrons. The highest BCUT2D eigenvalue weighted by Crippen LogP contribution is 2.24. The molecule has 0 spiro atoms. The summed E-state index contributed by atoms with van der Waals surface area (Å²) < 4.78 is 6.11. The van der Waals surface area contributed by atoms with E-state index in [1.807, 2.05) is 37.3 Å². The second-order valence-corrected chi connectivity index (χ2v) is 6.30. The van der Waals surface area contributed by atoms with Crippen LogP contribution in [0.1, 0.15) is 31.9 Å². The van der Waals surface area contributed by atoms with Crippen LogP contribution in [0.25, 0.3) is 0 Å². The van der Waals surface area contributed by atoms with Crippen molar-refractivity contribution in [1.82, 2.24) is 5.32 Å². The zero-order chi connectivity index (χ0) is 16.9. The van der Waals surface area contributed by atoms with Crippen molar-refractivity contribution in [3.05, 3.63) is 60.2 Å². The zero-order valence-corrected chi connectivity index (χ0v) is 14.2. The van der Waals surface area contributed by atoms with Crippen molar-refractivity contribution in [3.63, 3.8) is 0 Å². The van der Waals surface area contributed by atoms with Crippen molar-refractivity contribution in [1.29, 1.82) is 0 Å². The van der Waals surface area contributed by atoms with E-state index < -0.39 is 0 Å². The maximum atomic E-state index is 11.1. The Morgan fingerprint density at radius 3 is 2.54 bits per heavy atom. The highest BCUT2D eigenvalue weighted by molar-refractivity contribution is 5.73. The third-order valence-corrected chi connectivity index (χ3v) is 4.37. The molecule has 1 amide bonds. The van der Waals surface area contributed by atoms with E-state index in [9.17, 15) is 4.79 Å². The molecule has 3 rings (SSSR count). The number of nitrogens with zero attached hydrogens (tertiary/aromatic N) is 1. The summed E-state index contributed by atoms with van der Waals surface area (Å²) in [5.74, 6) is 0.864. The standard InChI is InChI=1S/C20H24N2O2/c1-15(21-16(2)23)17-8-10-19(11-9-17)24-20-12-13-22(14-20)18-6-4-3-5-7-18/h3-11,15,20H,12-14H2,1-2H3,(H,21,23)/t15-,20+/m0/s1. The number of hydrogen-bond acceptors (Lipinski definition) is 3. The molecule has 0 saturated carbocycles. The zero-order valence-electron chi connectivity index (χ0n) is 14.2. The second kappa shape index (κ2) is 7.39. The summed E-state index contributed by atoms with van der Waals surface area (Å²) in [6.45, 7) is 5.44. The van der Waals surface area contributed by atoms with E-state index in [1.54, 1.807) is 0 Å². The van der Waals surface area contributed by atoms with E-state index in [2.05, 4.69) is 34.5 Å². The predicted molar refractivity (Wildman–Crippen MR) is 96.4 cm³/mol. The Balaban J connectivity index is 1.56. The summed E-state index contributed by atoms with van der Waals surface area (Å²) in [5, 5.41) is 2.89. The van der Waals surface area contributed by atoms with Crippen molar-refractivity contribution in [2.45, 2.75) is 32.4 Å². The van der Waals surface area contributed by atoms with Crippen LogP contribution in [0, 0.1) is 0 Å². The van der Waals surface area contributed by atoms with E-state index in [0.29, 0.717) is 0 Å². The fraction of sp³-hybridized carbons (Fsp3) is 0.350. The largest absolute Gasteiger partial charge is 0.489 e. The monoisotopic (exact) mass is 324 g/mol. The van der Waals surface area contributed by atoms with Crippen LogP contribution >= 0.6 is 0 Å². The molecule has 4 nitrogen and oxygen atoms in total. The van der Waals surface area contributed by atoms with Gasteiger partial charge in [-0.25, -0.2) is 0 Å². The van der Waals surface area contributed by atoms with Crippen molar-refractivity contribution in [3.8, 4) is 5.75 Å². The number of ether oxygens (including phenoxy) is 1. The van der Waals surface area contributed by atoms with Crippen LogP contribution in [-0.2, 0) is 4.79 Å². The first kappa shape index (κ1) is 16.4. The van der Waals surface area contributed by atoms with E-state index in [-0.39, 0.29) is 18.1 Å². The molecule has 24 heavy (non-hydrogen) atoms. The minimum atomic E-state index is -0.0187. The topological polar surface area (TPSA) is 41.6 Å². The molecular formula is C20H24N2O2. The molecular weight excluding hydrogens is 300 g/mol. The summed E-state index contributed by atoms with van der Waals surface area (Å²) in [7, 11) is 0. The average molecular weight is 324 g/mol. The molecule has 1 heterocycles. The summed E-state index contributed by atoms with van der Waals surface area (Å²) in [6.07, 6.45) is 1.24. The van der Waals surface area contributed by atoms with Crippen LogP contribution in [0.4, 0.5) is 5.69 Å². The van der Waals surface area contributed by atoms with Crippen LogP contribution in [-0.4, -0.2) is 25.1 Å². The summed E-state index contributed by atoms with van der Waals surface area (Å²) in [5.41, 5.74) is 2.33. The third-order valence-electron chi connectivity index (χ3n) is 4.37. The molecule has 126 valence electrons. The molecule has 1 N–H and O–H groups in total. The summed E-state index contributed by atoms with van der Waals surface area (Å²) in [4.78, 5) is 13.5. The molecule has 0 aromatic heterocycles. The van der Waals surface area contributed by atoms with Gasteiger partial charge >= 0.3 is 0 Å². The number of rotatable bonds is 5. The second-order valence-electron chi connectivity index (χ2n) is 6.30. The smallest absolute Gasteiger partial charge is 0.217 e. The maximum Gasteiger partial charge on any atom is 0.217 e. The van der Waals surface area contributed by atoms with Crippen molar-refractivity contribution in [2.75, 3.05) is 18.0 Å². The molecule has 1 aliphatic heterocycles. The van der Waals surface area contributed by atoms with Crippen molar-refractivity contribution in [2.24, 2.45) is 0 Å². The number of para-hydroxylation sites is 1. The van der Waals surface area contributed by atoms with Gasteiger partial charge < -0.3 is 15.0 Å². The number of anilines is 1. The van der Waals surface area contributed by atoms with E-state index in [4.69, 9.17) is 4.74 Å². The Hall–Kier alpha value is -2.49. The Kier molecular flexibility index (Phi) is 5.04. The van der Waals surface area contributed by atoms with Gasteiger partial charge in [-0.3, -0.25) is 4.79 Å². The van der Waals surface area contributed by atoms with Crippen LogP contribution in [0.3, 0.4) is 0 Å². The molecule has 4 heteroatoms. The fourth-order valence-electron chi connectivity index (χ4n) is 3.11. The van der Waals surface area contributed by atoms with Gasteiger partial charge in [0.2, 0.25) is 5.91 Å². The van der Waals surface area contributed by atoms with Crippen molar-refractivity contribution >= 4 is 11.6 Å². The Morgan fingerprint density at radius 1 is 1.17 bits per heavy atom. The number of benzene rings is 2. The van der Waals surface area contributed by atoms with Crippen LogP contribution in [0.5, 0.6) is 5.75 Å². The van der Waals surface area contributed by atoms with E-state index >= 15 is 0 Å². The van der Waals surface area contributed by atoms with E-state index in [1.165, 1.54) is 12.6 Å². The Morgan fingerprint density at radius 2 is 1.88 bits per heavy atom. The van der Waals surface area contributed by atoms with Crippen LogP contribution in [0.2, 0.25) is 0 Å². The maximum absolute atomic E-state index is 11.1. The molecule has 1 saturated heterocycles. The molecule has 0 aliphatic carbocycles. The minimum absolute atomic E-state index is 0.0107. The highest BCUT2D eigenvalue weighted by Gasteiger charge is 2.24. The lowest BCUT2D eigenvalue weighted by Crippen LogP contribution is -2.24. The minimum Gasteiger partial charge on any atom is -0.489 e. The lowest BCUT2D eigenvalue weighted by molar-refractivity contribution is -0.119. The number of amides is 1. The Labute approximate surface area is 143 Å². The predicted octanol–water partition coefficient (Wildman–Crippen LogP) is 3.54. The fourth-order valence-corrected chi connectivity index (χ4v) is 3.11. The molecule has 1 fully saturated rings. The molecule has 2 aromatic carbocycles. The number of carbonyl (C=O) groups is 1. The van der Waals surface area contributed by atoms with Crippen LogP contribution < -0.4 is 15.0 Å². The molecule has 0 unspecified atom stereocenters. The summed E-state index contributed by atoms with van der Waals surface area (Å²) in [6, 6.07) is 18.5. The molecule has 0 bridgehead atoms. The summed E-state index contributed by atoms with van der Waals surface area (Å²) >= 11 is 0. The van der Waals surface area contributed by atoms with Crippen molar-refractivity contribution < 1.29 is 9.53 Å². The average Bonchev–Trinajstić information content (AvgIpc) is 3.04. The quantitative estimate of drug-likeness (QED) is 0.914. The first-order valence-electron chi connectivity index (χ1n) is 8.45. The van der Waals surface area contributed by atoms with Gasteiger partial charge in [0.05, 0.1) is 12.6 Å². The lowest BCUT2D eigenvalue weighted by atomic mass is 10.1. The molecule has 2 atom stereocenters. The molecule has 1 aliphatic rings. The first-order valence-corrected chi connectivity index (χ1v) is 8.45. The molecule has 2 aromatic rings. The number of nitrogens with one attached hydrogen (secondary N) is 1. The van der Waals surface area contributed by atoms with Gasteiger partial charge in [-0.15, -0.1) is 0 Å². The SMILES string of the molecule is CC(=O)N[C@@H](C)c1ccc(O[C@@H]2CCN(c3ccccc3)C2)cc1. The van der Waals surface area contributed by atoms with Gasteiger partial charge in [-0.05, 0) is 36.8 Å². The van der Waals surface area contributed by atoms with Gasteiger partial charge in [0, 0.05) is 25.6 Å². The number of carbonyl (C=O) groups excluding carboxylic acids is 1. The van der Waals surface area contributed by atoms with Gasteiger partial charge in [0.1, 0.15) is 11.9 Å². The van der Waals surface area contributed by atoms with Gasteiger partial charge in [-0.2, -0.15) is 0 Å². The number of hydrogen-bond donors (Lipinski definition) is 1. The van der Waals surface area contributed by atoms with Crippen LogP contribution in [0.15, 0.2) is 54.6 Å². The first-order chi connectivity index (χ1) is 11.6. The lowest BCUT2D eigenvalue weighted by Gasteiger charge is -2.19. The Bertz CT molecular complexity index is 670. The third kappa shape index (κ3) is 4.07. The van der Waals surface area contributed by atoms with E-state index in [0.717, 1.165) is 30.8 Å². The van der Waals surface area contributed by atoms with Gasteiger partial charge in [-0.1, -0.05) is 30.3 Å².